The van der Waals surface area contributed by atoms with Crippen LogP contribution in [0.2, 0.25) is 0 Å². The van der Waals surface area contributed by atoms with Gasteiger partial charge in [0.25, 0.3) is 0 Å². The van der Waals surface area contributed by atoms with Crippen LogP contribution in [0.25, 0.3) is 0 Å². The molecule has 0 aliphatic carbocycles. The third-order valence-electron chi connectivity index (χ3n) is 8.76. The first-order valence-electron chi connectivity index (χ1n) is 13.7. The minimum atomic E-state index is -0.894. The Morgan fingerprint density at radius 3 is 2.26 bits per heavy atom. The van der Waals surface area contributed by atoms with Crippen molar-refractivity contribution in [2.45, 2.75) is 68.8 Å². The highest BCUT2D eigenvalue weighted by molar-refractivity contribution is 8.02. The molecule has 8 heteroatoms. The van der Waals surface area contributed by atoms with Gasteiger partial charge in [-0.1, -0.05) is 68.5 Å². The molecule has 0 bridgehead atoms. The number of carbonyl (C=O) groups excluding carboxylic acids is 3. The van der Waals surface area contributed by atoms with Gasteiger partial charge in [0.15, 0.2) is 0 Å². The summed E-state index contributed by atoms with van der Waals surface area (Å²) in [7, 11) is 0. The van der Waals surface area contributed by atoms with Crippen LogP contribution in [0.15, 0.2) is 54.6 Å². The number of amides is 3. The van der Waals surface area contributed by atoms with Crippen LogP contribution in [-0.2, 0) is 20.9 Å². The Morgan fingerprint density at radius 1 is 0.947 bits per heavy atom. The number of hydrogen-bond donors (Lipinski definition) is 1. The molecular formula is C30H39N3O4S. The molecule has 38 heavy (non-hydrogen) atoms. The Bertz CT molecular complexity index is 1170. The van der Waals surface area contributed by atoms with Gasteiger partial charge >= 0.3 is 0 Å². The van der Waals surface area contributed by atoms with E-state index in [2.05, 4.69) is 6.08 Å². The third-order valence-corrected chi connectivity index (χ3v) is 10.6. The van der Waals surface area contributed by atoms with Gasteiger partial charge in [-0.15, -0.1) is 11.8 Å². The van der Waals surface area contributed by atoms with Crippen LogP contribution in [0, 0.1) is 17.8 Å². The van der Waals surface area contributed by atoms with Crippen LogP contribution < -0.4 is 0 Å². The smallest absolute Gasteiger partial charge is 0.247 e. The van der Waals surface area contributed by atoms with Crippen molar-refractivity contribution in [2.24, 2.45) is 17.8 Å². The first-order valence-corrected chi connectivity index (χ1v) is 14.5. The Labute approximate surface area is 229 Å². The number of rotatable bonds is 6. The monoisotopic (exact) mass is 537 g/mol. The molecule has 1 aromatic rings. The number of thioether (sulfide) groups is 1. The molecule has 3 amide bonds. The lowest BCUT2D eigenvalue weighted by Gasteiger charge is -2.41. The van der Waals surface area contributed by atoms with E-state index in [0.717, 1.165) is 5.56 Å². The lowest BCUT2D eigenvalue weighted by Crippen LogP contribution is -2.58. The highest BCUT2D eigenvalue weighted by Crippen LogP contribution is 2.66. The molecule has 0 aromatic heterocycles. The van der Waals surface area contributed by atoms with E-state index in [9.17, 15) is 19.5 Å². The molecule has 5 rings (SSSR count). The van der Waals surface area contributed by atoms with Crippen molar-refractivity contribution in [3.8, 4) is 0 Å². The lowest BCUT2D eigenvalue weighted by molar-refractivity contribution is -0.148. The second kappa shape index (κ2) is 9.87. The van der Waals surface area contributed by atoms with Crippen molar-refractivity contribution < 1.29 is 19.5 Å². The standard InChI is InChI=1S/C30H39N3O4S/c1-19(2)22(18-34)33-25-28(37)32(20(3)4)16-10-14-30(25)24(27(33)36)23-26(35)31(15-9-13-29(23,5)38-30)17-21-11-7-6-8-12-21/h6-14,19-20,22-25,34H,15-18H2,1-5H3/t22-,23+,24-,25?,29-,30-/m0/s1. The maximum Gasteiger partial charge on any atom is 0.247 e. The molecule has 1 unspecified atom stereocenters. The quantitative estimate of drug-likeness (QED) is 0.564. The van der Waals surface area contributed by atoms with Crippen LogP contribution in [-0.4, -0.2) is 84.8 Å². The highest BCUT2D eigenvalue weighted by Gasteiger charge is 2.74. The van der Waals surface area contributed by atoms with E-state index in [1.165, 1.54) is 0 Å². The van der Waals surface area contributed by atoms with Crippen LogP contribution in [0.1, 0.15) is 40.2 Å². The summed E-state index contributed by atoms with van der Waals surface area (Å²) in [5, 5.41) is 10.4. The number of benzene rings is 1. The van der Waals surface area contributed by atoms with E-state index in [-0.39, 0.29) is 36.3 Å². The molecule has 0 saturated carbocycles. The molecule has 4 aliphatic rings. The minimum Gasteiger partial charge on any atom is -0.394 e. The molecule has 2 fully saturated rings. The summed E-state index contributed by atoms with van der Waals surface area (Å²) in [6.45, 7) is 11.1. The van der Waals surface area contributed by atoms with Crippen molar-refractivity contribution in [3.05, 3.63) is 60.2 Å². The van der Waals surface area contributed by atoms with Gasteiger partial charge in [-0.2, -0.15) is 0 Å². The average Bonchev–Trinajstić information content (AvgIpc) is 3.13. The summed E-state index contributed by atoms with van der Waals surface area (Å²) in [5.41, 5.74) is 1.03. The first-order chi connectivity index (χ1) is 18.1. The number of hydrogen-bond acceptors (Lipinski definition) is 5. The molecule has 4 aliphatic heterocycles. The fraction of sp³-hybridized carbons (Fsp3) is 0.567. The Kier molecular flexibility index (Phi) is 7.01. The van der Waals surface area contributed by atoms with Crippen molar-refractivity contribution in [2.75, 3.05) is 19.7 Å². The summed E-state index contributed by atoms with van der Waals surface area (Å²) < 4.78 is -1.54. The van der Waals surface area contributed by atoms with Crippen molar-refractivity contribution >= 4 is 29.5 Å². The van der Waals surface area contributed by atoms with Gasteiger partial charge in [0.05, 0.1) is 29.2 Å². The van der Waals surface area contributed by atoms with Gasteiger partial charge in [-0.05, 0) is 32.3 Å². The van der Waals surface area contributed by atoms with Crippen molar-refractivity contribution in [1.82, 2.24) is 14.7 Å². The second-order valence-electron chi connectivity index (χ2n) is 11.8. The predicted octanol–water partition coefficient (Wildman–Crippen LogP) is 3.10. The Hall–Kier alpha value is -2.58. The SMILES string of the molecule is CC(C)[C@H](CO)N1C(=O)[C@@H]2[C@@H]3C(=O)N(Cc4ccccc4)CC=C[C@]3(C)S[C@@]23C=CCN(C(C)C)C(=O)C13. The Balaban J connectivity index is 1.63. The summed E-state index contributed by atoms with van der Waals surface area (Å²) in [5.74, 6) is -1.73. The van der Waals surface area contributed by atoms with Gasteiger partial charge in [0.2, 0.25) is 17.7 Å². The maximum absolute atomic E-state index is 14.5. The number of nitrogens with zero attached hydrogens (tertiary/aromatic N) is 3. The summed E-state index contributed by atoms with van der Waals surface area (Å²) in [4.78, 5) is 48.4. The number of fused-ring (bicyclic) bond motifs is 2. The van der Waals surface area contributed by atoms with Crippen LogP contribution in [0.3, 0.4) is 0 Å². The predicted molar refractivity (Wildman–Crippen MR) is 149 cm³/mol. The normalized spacial score (nSPS) is 33.5. The molecule has 6 atom stereocenters. The first kappa shape index (κ1) is 27.0. The Morgan fingerprint density at radius 2 is 1.63 bits per heavy atom. The van der Waals surface area contributed by atoms with E-state index >= 15 is 0 Å². The molecule has 4 heterocycles. The third kappa shape index (κ3) is 4.02. The van der Waals surface area contributed by atoms with E-state index in [4.69, 9.17) is 0 Å². The fourth-order valence-corrected chi connectivity index (χ4v) is 9.06. The van der Waals surface area contributed by atoms with E-state index in [1.54, 1.807) is 16.7 Å². The lowest BCUT2D eigenvalue weighted by atomic mass is 9.74. The van der Waals surface area contributed by atoms with Crippen LogP contribution >= 0.6 is 11.8 Å². The van der Waals surface area contributed by atoms with E-state index < -0.39 is 33.4 Å². The van der Waals surface area contributed by atoms with Crippen molar-refractivity contribution in [1.29, 1.82) is 0 Å². The molecule has 204 valence electrons. The molecule has 1 N–H and O–H groups in total. The van der Waals surface area contributed by atoms with Gasteiger partial charge in [-0.3, -0.25) is 14.4 Å². The topological polar surface area (TPSA) is 81.2 Å². The average molecular weight is 538 g/mol. The minimum absolute atomic E-state index is 0.0414. The fourth-order valence-electron chi connectivity index (χ4n) is 6.92. The van der Waals surface area contributed by atoms with Gasteiger partial charge in [0.1, 0.15) is 6.04 Å². The van der Waals surface area contributed by atoms with Crippen LogP contribution in [0.5, 0.6) is 0 Å². The molecule has 0 radical (unpaired) electrons. The van der Waals surface area contributed by atoms with E-state index in [0.29, 0.717) is 19.6 Å². The molecule has 7 nitrogen and oxygen atoms in total. The van der Waals surface area contributed by atoms with Crippen molar-refractivity contribution in [3.63, 3.8) is 0 Å². The van der Waals surface area contributed by atoms with E-state index in [1.807, 2.05) is 93.0 Å². The summed E-state index contributed by atoms with van der Waals surface area (Å²) in [6, 6.07) is 8.56. The maximum atomic E-state index is 14.5. The zero-order chi connectivity index (χ0) is 27.4. The second-order valence-corrected chi connectivity index (χ2v) is 13.6. The zero-order valence-corrected chi connectivity index (χ0v) is 23.7. The molecule has 2 saturated heterocycles. The zero-order valence-electron chi connectivity index (χ0n) is 22.9. The number of likely N-dealkylation sites (tertiary alicyclic amines) is 1. The van der Waals surface area contributed by atoms with Gasteiger partial charge in [-0.25, -0.2) is 0 Å². The van der Waals surface area contributed by atoms with Gasteiger partial charge in [0, 0.05) is 30.4 Å². The number of aliphatic hydroxyl groups is 1. The summed E-state index contributed by atoms with van der Waals surface area (Å²) in [6.07, 6.45) is 8.17. The molecule has 1 spiro atoms. The largest absolute Gasteiger partial charge is 0.394 e. The molecular weight excluding hydrogens is 498 g/mol. The number of aliphatic hydroxyl groups excluding tert-OH is 1. The van der Waals surface area contributed by atoms with Crippen LogP contribution in [0.4, 0.5) is 0 Å². The summed E-state index contributed by atoms with van der Waals surface area (Å²) >= 11 is 1.59. The van der Waals surface area contributed by atoms with Gasteiger partial charge < -0.3 is 19.8 Å². The molecule has 1 aromatic carbocycles. The highest BCUT2D eigenvalue weighted by atomic mass is 32.2. The number of carbonyl (C=O) groups is 3.